The lowest BCUT2D eigenvalue weighted by molar-refractivity contribution is -0.131. The molecule has 0 spiro atoms. The zero-order valence-electron chi connectivity index (χ0n) is 22.9. The number of methoxy groups -OCH3 is 2. The van der Waals surface area contributed by atoms with Crippen LogP contribution >= 0.6 is 0 Å². The molecule has 1 aromatic heterocycles. The summed E-state index contributed by atoms with van der Waals surface area (Å²) < 4.78 is 11.0. The largest absolute Gasteiger partial charge is 0.493 e. The highest BCUT2D eigenvalue weighted by atomic mass is 16.5. The van der Waals surface area contributed by atoms with Gasteiger partial charge in [0, 0.05) is 40.8 Å². The van der Waals surface area contributed by atoms with E-state index in [0.29, 0.717) is 12.5 Å². The number of carbonyl (C=O) groups excluding carboxylic acids is 1. The molecule has 5 rings (SSSR count). The van der Waals surface area contributed by atoms with Crippen molar-refractivity contribution in [3.05, 3.63) is 47.5 Å². The third-order valence-electron chi connectivity index (χ3n) is 8.75. The van der Waals surface area contributed by atoms with Gasteiger partial charge in [-0.1, -0.05) is 25.8 Å². The average Bonchev–Trinajstić information content (AvgIpc) is 3.60. The predicted molar refractivity (Wildman–Crippen MR) is 151 cm³/mol. The van der Waals surface area contributed by atoms with E-state index in [2.05, 4.69) is 41.5 Å². The molecule has 2 fully saturated rings. The summed E-state index contributed by atoms with van der Waals surface area (Å²) in [6.45, 7) is 4.18. The smallest absolute Gasteiger partial charge is 0.236 e. The monoisotopic (exact) mass is 519 g/mol. The number of aromatic amines is 1. The minimum Gasteiger partial charge on any atom is -0.493 e. The first-order valence-corrected chi connectivity index (χ1v) is 14.0. The lowest BCUT2D eigenvalue weighted by Crippen LogP contribution is -2.51. The van der Waals surface area contributed by atoms with Gasteiger partial charge < -0.3 is 29.8 Å². The van der Waals surface area contributed by atoms with Crippen LogP contribution in [0.25, 0.3) is 22.2 Å². The molecule has 3 aromatic rings. The Morgan fingerprint density at radius 3 is 2.47 bits per heavy atom. The third kappa shape index (κ3) is 5.14. The van der Waals surface area contributed by atoms with Gasteiger partial charge in [0.1, 0.15) is 0 Å². The number of benzene rings is 2. The Morgan fingerprint density at radius 2 is 1.82 bits per heavy atom. The molecular weight excluding hydrogens is 478 g/mol. The van der Waals surface area contributed by atoms with E-state index in [9.17, 15) is 9.90 Å². The maximum atomic E-state index is 12.9. The van der Waals surface area contributed by atoms with Gasteiger partial charge in [-0.3, -0.25) is 4.79 Å². The van der Waals surface area contributed by atoms with Gasteiger partial charge in [-0.25, -0.2) is 0 Å². The number of aromatic nitrogens is 1. The topological polar surface area (TPSA) is 86.8 Å². The number of ether oxygens (including phenoxy) is 2. The molecule has 38 heavy (non-hydrogen) atoms. The summed E-state index contributed by atoms with van der Waals surface area (Å²) in [6, 6.07) is 12.8. The van der Waals surface area contributed by atoms with Crippen molar-refractivity contribution in [2.75, 3.05) is 40.5 Å². The van der Waals surface area contributed by atoms with E-state index in [-0.39, 0.29) is 18.1 Å². The Bertz CT molecular complexity index is 1270. The zero-order valence-corrected chi connectivity index (χ0v) is 22.9. The number of amides is 1. The Labute approximate surface area is 225 Å². The molecule has 2 aromatic carbocycles. The summed E-state index contributed by atoms with van der Waals surface area (Å²) in [4.78, 5) is 18.5. The van der Waals surface area contributed by atoms with Gasteiger partial charge in [-0.05, 0) is 79.5 Å². The molecule has 7 heteroatoms. The highest BCUT2D eigenvalue weighted by molar-refractivity contribution is 5.91. The van der Waals surface area contributed by atoms with E-state index in [1.54, 1.807) is 14.2 Å². The predicted octanol–water partition coefficient (Wildman–Crippen LogP) is 5.02. The fourth-order valence-electron chi connectivity index (χ4n) is 6.40. The summed E-state index contributed by atoms with van der Waals surface area (Å²) in [5.74, 6) is 2.04. The standard InChI is InChI=1S/C31H41N3O4/c1-4-24-25-17-22(7-9-26(25)33-30(24)23-8-10-27(37-2)28(18-23)38-3)21-11-15-34(16-12-21)29(36)19-32-31(20-35)13-5-6-14-31/h7-10,17-18,21,32-33,35H,4-6,11-16,19-20H2,1-3H3. The Balaban J connectivity index is 1.28. The summed E-state index contributed by atoms with van der Waals surface area (Å²) in [5.41, 5.74) is 5.73. The fraction of sp³-hybridized carbons (Fsp3) is 0.516. The molecule has 3 N–H and O–H groups in total. The van der Waals surface area contributed by atoms with Gasteiger partial charge in [0.2, 0.25) is 5.91 Å². The lowest BCUT2D eigenvalue weighted by atomic mass is 9.88. The van der Waals surface area contributed by atoms with Crippen LogP contribution < -0.4 is 14.8 Å². The number of H-pyrrole nitrogens is 1. The normalized spacial score (nSPS) is 17.7. The summed E-state index contributed by atoms with van der Waals surface area (Å²) >= 11 is 0. The molecule has 1 saturated carbocycles. The third-order valence-corrected chi connectivity index (χ3v) is 8.75. The van der Waals surface area contributed by atoms with Gasteiger partial charge in [-0.15, -0.1) is 0 Å². The number of aryl methyl sites for hydroxylation is 1. The van der Waals surface area contributed by atoms with E-state index in [1.807, 2.05) is 17.0 Å². The van der Waals surface area contributed by atoms with Crippen molar-refractivity contribution in [3.63, 3.8) is 0 Å². The van der Waals surface area contributed by atoms with Crippen LogP contribution in [-0.2, 0) is 11.2 Å². The molecule has 0 unspecified atom stereocenters. The minimum absolute atomic E-state index is 0.109. The summed E-state index contributed by atoms with van der Waals surface area (Å²) in [5, 5.41) is 14.5. The second-order valence-corrected chi connectivity index (χ2v) is 10.9. The van der Waals surface area contributed by atoms with Crippen LogP contribution in [0.15, 0.2) is 36.4 Å². The second kappa shape index (κ2) is 11.4. The van der Waals surface area contributed by atoms with Gasteiger partial charge in [-0.2, -0.15) is 0 Å². The first kappa shape index (κ1) is 26.6. The Morgan fingerprint density at radius 1 is 1.08 bits per heavy atom. The molecule has 2 heterocycles. The number of aliphatic hydroxyl groups excluding tert-OH is 1. The Hall–Kier alpha value is -3.03. The molecule has 2 aliphatic rings. The molecular formula is C31H41N3O4. The molecule has 1 saturated heterocycles. The van der Waals surface area contributed by atoms with E-state index >= 15 is 0 Å². The van der Waals surface area contributed by atoms with E-state index < -0.39 is 0 Å². The molecule has 204 valence electrons. The van der Waals surface area contributed by atoms with Crippen molar-refractivity contribution in [1.29, 1.82) is 0 Å². The molecule has 1 amide bonds. The van der Waals surface area contributed by atoms with Gasteiger partial charge in [0.25, 0.3) is 0 Å². The number of fused-ring (bicyclic) bond motifs is 1. The minimum atomic E-state index is -0.257. The van der Waals surface area contributed by atoms with E-state index in [1.165, 1.54) is 16.5 Å². The van der Waals surface area contributed by atoms with Crippen LogP contribution in [0.4, 0.5) is 0 Å². The van der Waals surface area contributed by atoms with Crippen LogP contribution in [0.3, 0.4) is 0 Å². The second-order valence-electron chi connectivity index (χ2n) is 10.9. The van der Waals surface area contributed by atoms with Crippen molar-refractivity contribution < 1.29 is 19.4 Å². The van der Waals surface area contributed by atoms with Crippen molar-refractivity contribution >= 4 is 16.8 Å². The lowest BCUT2D eigenvalue weighted by Gasteiger charge is -2.34. The number of carbonyl (C=O) groups is 1. The highest BCUT2D eigenvalue weighted by Crippen LogP contribution is 2.38. The van der Waals surface area contributed by atoms with Crippen LogP contribution in [0.1, 0.15) is 62.5 Å². The Kier molecular flexibility index (Phi) is 7.96. The number of nitrogens with zero attached hydrogens (tertiary/aromatic N) is 1. The number of aliphatic hydroxyl groups is 1. The number of hydrogen-bond donors (Lipinski definition) is 3. The number of nitrogens with one attached hydrogen (secondary N) is 2. The number of piperidine rings is 1. The maximum Gasteiger partial charge on any atom is 0.236 e. The molecule has 0 bridgehead atoms. The van der Waals surface area contributed by atoms with Crippen LogP contribution in [0, 0.1) is 0 Å². The molecule has 7 nitrogen and oxygen atoms in total. The average molecular weight is 520 g/mol. The van der Waals surface area contributed by atoms with Gasteiger partial charge in [0.15, 0.2) is 11.5 Å². The quantitative estimate of drug-likeness (QED) is 0.370. The van der Waals surface area contributed by atoms with Crippen molar-refractivity contribution in [2.45, 2.75) is 63.3 Å². The number of rotatable bonds is 9. The maximum absolute atomic E-state index is 12.9. The van der Waals surface area contributed by atoms with Crippen molar-refractivity contribution in [3.8, 4) is 22.8 Å². The van der Waals surface area contributed by atoms with Crippen LogP contribution in [0.2, 0.25) is 0 Å². The summed E-state index contributed by atoms with van der Waals surface area (Å²) in [7, 11) is 3.32. The van der Waals surface area contributed by atoms with Gasteiger partial charge >= 0.3 is 0 Å². The van der Waals surface area contributed by atoms with E-state index in [0.717, 1.165) is 86.3 Å². The van der Waals surface area contributed by atoms with Crippen LogP contribution in [-0.4, -0.2) is 66.9 Å². The van der Waals surface area contributed by atoms with Crippen molar-refractivity contribution in [1.82, 2.24) is 15.2 Å². The number of hydrogen-bond acceptors (Lipinski definition) is 5. The molecule has 0 radical (unpaired) electrons. The molecule has 0 atom stereocenters. The first-order chi connectivity index (χ1) is 18.5. The number of likely N-dealkylation sites (tertiary alicyclic amines) is 1. The SMILES string of the molecule is CCc1c(-c2ccc(OC)c(OC)c2)[nH]c2ccc(C3CCN(C(=O)CNC4(CO)CCCC4)CC3)cc12. The molecule has 1 aliphatic heterocycles. The fourth-order valence-corrected chi connectivity index (χ4v) is 6.40. The summed E-state index contributed by atoms with van der Waals surface area (Å²) in [6.07, 6.45) is 7.00. The first-order valence-electron chi connectivity index (χ1n) is 14.0. The van der Waals surface area contributed by atoms with Gasteiger partial charge in [0.05, 0.1) is 27.4 Å². The highest BCUT2D eigenvalue weighted by Gasteiger charge is 2.34. The van der Waals surface area contributed by atoms with Crippen LogP contribution in [0.5, 0.6) is 11.5 Å². The van der Waals surface area contributed by atoms with Crippen molar-refractivity contribution in [2.24, 2.45) is 0 Å². The molecule has 1 aliphatic carbocycles. The zero-order chi connectivity index (χ0) is 26.7. The van der Waals surface area contributed by atoms with E-state index in [4.69, 9.17) is 9.47 Å².